The maximum atomic E-state index is 11.7. The fourth-order valence-electron chi connectivity index (χ4n) is 1.34. The number of hydrazine groups is 1. The number of hydrogen-bond donors (Lipinski definition) is 3. The predicted molar refractivity (Wildman–Crippen MR) is 61.6 cm³/mol. The van der Waals surface area contributed by atoms with E-state index >= 15 is 0 Å². The standard InChI is InChI=1S/C11H17N3O/c1-3-6-13-11(15)10-5-4-9(14-12)7-8(10)2/h4-5,7,14H,3,6,12H2,1-2H3,(H,13,15). The van der Waals surface area contributed by atoms with Crippen LogP contribution in [0.2, 0.25) is 0 Å². The summed E-state index contributed by atoms with van der Waals surface area (Å²) >= 11 is 0. The van der Waals surface area contributed by atoms with Gasteiger partial charge >= 0.3 is 0 Å². The number of nitrogens with one attached hydrogen (secondary N) is 2. The van der Waals surface area contributed by atoms with Crippen molar-refractivity contribution in [2.24, 2.45) is 5.84 Å². The molecule has 0 spiro atoms. The minimum Gasteiger partial charge on any atom is -0.352 e. The van der Waals surface area contributed by atoms with E-state index in [1.807, 2.05) is 19.9 Å². The van der Waals surface area contributed by atoms with Crippen molar-refractivity contribution < 1.29 is 4.79 Å². The highest BCUT2D eigenvalue weighted by atomic mass is 16.1. The van der Waals surface area contributed by atoms with E-state index < -0.39 is 0 Å². The van der Waals surface area contributed by atoms with Crippen molar-refractivity contribution in [2.75, 3.05) is 12.0 Å². The van der Waals surface area contributed by atoms with E-state index in [0.29, 0.717) is 12.1 Å². The molecule has 1 amide bonds. The third-order valence-corrected chi connectivity index (χ3v) is 2.17. The van der Waals surface area contributed by atoms with E-state index in [0.717, 1.165) is 17.7 Å². The molecular weight excluding hydrogens is 190 g/mol. The summed E-state index contributed by atoms with van der Waals surface area (Å²) in [6, 6.07) is 5.41. The van der Waals surface area contributed by atoms with Crippen LogP contribution in [0.15, 0.2) is 18.2 Å². The molecular formula is C11H17N3O. The SMILES string of the molecule is CCCNC(=O)c1ccc(NN)cc1C. The molecule has 15 heavy (non-hydrogen) atoms. The molecule has 0 saturated heterocycles. The lowest BCUT2D eigenvalue weighted by Crippen LogP contribution is -2.24. The summed E-state index contributed by atoms with van der Waals surface area (Å²) < 4.78 is 0. The predicted octanol–water partition coefficient (Wildman–Crippen LogP) is 1.42. The molecule has 82 valence electrons. The first kappa shape index (κ1) is 11.5. The van der Waals surface area contributed by atoms with Crippen molar-refractivity contribution in [3.05, 3.63) is 29.3 Å². The van der Waals surface area contributed by atoms with Gasteiger partial charge in [-0.25, -0.2) is 0 Å². The van der Waals surface area contributed by atoms with Gasteiger partial charge in [0.1, 0.15) is 0 Å². The Morgan fingerprint density at radius 3 is 2.73 bits per heavy atom. The molecule has 0 unspecified atom stereocenters. The first-order valence-corrected chi connectivity index (χ1v) is 5.04. The quantitative estimate of drug-likeness (QED) is 0.516. The van der Waals surface area contributed by atoms with Gasteiger partial charge in [0.05, 0.1) is 0 Å². The monoisotopic (exact) mass is 207 g/mol. The number of hydrogen-bond acceptors (Lipinski definition) is 3. The Morgan fingerprint density at radius 1 is 1.47 bits per heavy atom. The average molecular weight is 207 g/mol. The number of nitrogen functional groups attached to an aromatic ring is 1. The Labute approximate surface area is 89.8 Å². The second kappa shape index (κ2) is 5.36. The van der Waals surface area contributed by atoms with Gasteiger partial charge in [0.15, 0.2) is 0 Å². The third kappa shape index (κ3) is 2.95. The largest absolute Gasteiger partial charge is 0.352 e. The van der Waals surface area contributed by atoms with Gasteiger partial charge in [-0.05, 0) is 37.1 Å². The van der Waals surface area contributed by atoms with Gasteiger partial charge in [0.2, 0.25) is 0 Å². The van der Waals surface area contributed by atoms with Crippen LogP contribution in [-0.2, 0) is 0 Å². The number of benzene rings is 1. The molecule has 0 bridgehead atoms. The van der Waals surface area contributed by atoms with Gasteiger partial charge < -0.3 is 10.7 Å². The van der Waals surface area contributed by atoms with Crippen LogP contribution in [0.25, 0.3) is 0 Å². The summed E-state index contributed by atoms with van der Waals surface area (Å²) in [7, 11) is 0. The lowest BCUT2D eigenvalue weighted by molar-refractivity contribution is 0.0953. The number of amides is 1. The summed E-state index contributed by atoms with van der Waals surface area (Å²) in [5, 5.41) is 2.84. The second-order valence-electron chi connectivity index (χ2n) is 3.43. The summed E-state index contributed by atoms with van der Waals surface area (Å²) in [4.78, 5) is 11.7. The smallest absolute Gasteiger partial charge is 0.251 e. The van der Waals surface area contributed by atoms with Crippen LogP contribution in [-0.4, -0.2) is 12.5 Å². The number of carbonyl (C=O) groups excluding carboxylic acids is 1. The highest BCUT2D eigenvalue weighted by Gasteiger charge is 2.07. The zero-order valence-electron chi connectivity index (χ0n) is 9.13. The van der Waals surface area contributed by atoms with E-state index in [4.69, 9.17) is 5.84 Å². The van der Waals surface area contributed by atoms with E-state index in [-0.39, 0.29) is 5.91 Å². The van der Waals surface area contributed by atoms with Gasteiger partial charge in [0.25, 0.3) is 5.91 Å². The van der Waals surface area contributed by atoms with Crippen molar-refractivity contribution in [1.82, 2.24) is 5.32 Å². The molecule has 4 N–H and O–H groups in total. The van der Waals surface area contributed by atoms with E-state index in [1.165, 1.54) is 0 Å². The molecule has 0 aliphatic heterocycles. The van der Waals surface area contributed by atoms with Crippen molar-refractivity contribution in [1.29, 1.82) is 0 Å². The zero-order valence-corrected chi connectivity index (χ0v) is 9.13. The lowest BCUT2D eigenvalue weighted by atomic mass is 10.1. The molecule has 4 nitrogen and oxygen atoms in total. The van der Waals surface area contributed by atoms with Gasteiger partial charge in [0, 0.05) is 17.8 Å². The Bertz CT molecular complexity index is 350. The summed E-state index contributed by atoms with van der Waals surface area (Å²) in [5.41, 5.74) is 4.96. The van der Waals surface area contributed by atoms with Gasteiger partial charge in [-0.3, -0.25) is 10.6 Å². The molecule has 1 aromatic carbocycles. The fourth-order valence-corrected chi connectivity index (χ4v) is 1.34. The summed E-state index contributed by atoms with van der Waals surface area (Å²) in [5.74, 6) is 5.24. The van der Waals surface area contributed by atoms with Crippen LogP contribution >= 0.6 is 0 Å². The molecule has 0 aliphatic rings. The zero-order chi connectivity index (χ0) is 11.3. The number of aryl methyl sites for hydroxylation is 1. The number of carbonyl (C=O) groups is 1. The normalized spacial score (nSPS) is 9.80. The van der Waals surface area contributed by atoms with Gasteiger partial charge in [-0.1, -0.05) is 6.92 Å². The molecule has 0 atom stereocenters. The van der Waals surface area contributed by atoms with Crippen molar-refractivity contribution in [3.8, 4) is 0 Å². The first-order valence-electron chi connectivity index (χ1n) is 5.04. The minimum absolute atomic E-state index is 0.0297. The average Bonchev–Trinajstić information content (AvgIpc) is 2.25. The highest BCUT2D eigenvalue weighted by Crippen LogP contribution is 2.13. The molecule has 1 aromatic rings. The number of rotatable bonds is 4. The van der Waals surface area contributed by atoms with Gasteiger partial charge in [-0.15, -0.1) is 0 Å². The Kier molecular flexibility index (Phi) is 4.12. The van der Waals surface area contributed by atoms with E-state index in [1.54, 1.807) is 12.1 Å². The van der Waals surface area contributed by atoms with Gasteiger partial charge in [-0.2, -0.15) is 0 Å². The Hall–Kier alpha value is -1.55. The second-order valence-corrected chi connectivity index (χ2v) is 3.43. The summed E-state index contributed by atoms with van der Waals surface area (Å²) in [6.45, 7) is 4.62. The van der Waals surface area contributed by atoms with Crippen LogP contribution in [0.4, 0.5) is 5.69 Å². The van der Waals surface area contributed by atoms with Crippen LogP contribution in [0.3, 0.4) is 0 Å². The van der Waals surface area contributed by atoms with Crippen molar-refractivity contribution in [2.45, 2.75) is 20.3 Å². The van der Waals surface area contributed by atoms with Crippen molar-refractivity contribution >= 4 is 11.6 Å². The minimum atomic E-state index is -0.0297. The fraction of sp³-hybridized carbons (Fsp3) is 0.364. The van der Waals surface area contributed by atoms with E-state index in [2.05, 4.69) is 10.7 Å². The van der Waals surface area contributed by atoms with E-state index in [9.17, 15) is 4.79 Å². The van der Waals surface area contributed by atoms with Crippen LogP contribution in [0.5, 0.6) is 0 Å². The molecule has 0 radical (unpaired) electrons. The Balaban J connectivity index is 2.81. The topological polar surface area (TPSA) is 67.2 Å². The third-order valence-electron chi connectivity index (χ3n) is 2.17. The molecule has 0 heterocycles. The molecule has 0 aromatic heterocycles. The maximum absolute atomic E-state index is 11.7. The summed E-state index contributed by atoms with van der Waals surface area (Å²) in [6.07, 6.45) is 0.938. The number of nitrogens with two attached hydrogens (primary N) is 1. The van der Waals surface area contributed by atoms with Crippen molar-refractivity contribution in [3.63, 3.8) is 0 Å². The molecule has 0 saturated carbocycles. The Morgan fingerprint density at radius 2 is 2.20 bits per heavy atom. The molecule has 0 aliphatic carbocycles. The maximum Gasteiger partial charge on any atom is 0.251 e. The first-order chi connectivity index (χ1) is 7.19. The molecule has 4 heteroatoms. The molecule has 1 rings (SSSR count). The number of anilines is 1. The molecule has 0 fully saturated rings. The highest BCUT2D eigenvalue weighted by molar-refractivity contribution is 5.96. The lowest BCUT2D eigenvalue weighted by Gasteiger charge is -2.08. The van der Waals surface area contributed by atoms with Crippen LogP contribution in [0.1, 0.15) is 29.3 Å². The van der Waals surface area contributed by atoms with Crippen LogP contribution in [0, 0.1) is 6.92 Å². The van der Waals surface area contributed by atoms with Crippen LogP contribution < -0.4 is 16.6 Å².